The first kappa shape index (κ1) is 24.9. The van der Waals surface area contributed by atoms with Crippen molar-refractivity contribution in [2.45, 2.75) is 63.2 Å². The Labute approximate surface area is 210 Å². The first-order chi connectivity index (χ1) is 17.3. The summed E-state index contributed by atoms with van der Waals surface area (Å²) < 4.78 is 35.9. The highest BCUT2D eigenvalue weighted by Gasteiger charge is 2.31. The highest BCUT2D eigenvalue weighted by atomic mass is 32.2. The van der Waals surface area contributed by atoms with Crippen molar-refractivity contribution in [3.05, 3.63) is 40.1 Å². The topological polar surface area (TPSA) is 130 Å². The molecule has 2 aromatic heterocycles. The van der Waals surface area contributed by atoms with Crippen LogP contribution in [0, 0.1) is 12.8 Å². The lowest BCUT2D eigenvalue weighted by molar-refractivity contribution is 0.165. The quantitative estimate of drug-likeness (QED) is 0.495. The van der Waals surface area contributed by atoms with Crippen LogP contribution in [0.4, 0.5) is 0 Å². The number of nitrogens with one attached hydrogen (secondary N) is 1. The van der Waals surface area contributed by atoms with E-state index in [0.29, 0.717) is 42.1 Å². The summed E-state index contributed by atoms with van der Waals surface area (Å²) in [7, 11) is -3.81. The predicted octanol–water partition coefficient (Wildman–Crippen LogP) is 2.84. The van der Waals surface area contributed by atoms with Crippen LogP contribution in [-0.2, 0) is 10.0 Å². The van der Waals surface area contributed by atoms with E-state index < -0.39 is 10.0 Å². The number of ether oxygens (including phenoxy) is 1. The molecule has 1 aromatic carbocycles. The molecule has 11 heteroatoms. The third-order valence-electron chi connectivity index (χ3n) is 7.30. The van der Waals surface area contributed by atoms with Gasteiger partial charge in [-0.1, -0.05) is 12.8 Å². The number of nitrogens with zero attached hydrogens (tertiary/aromatic N) is 4. The summed E-state index contributed by atoms with van der Waals surface area (Å²) in [6.45, 7) is 4.66. The lowest BCUT2D eigenvalue weighted by Gasteiger charge is -2.31. The number of hydrogen-bond acceptors (Lipinski definition) is 7. The average Bonchev–Trinajstić information content (AvgIpc) is 3.52. The molecule has 2 N–H and O–H groups in total. The minimum Gasteiger partial charge on any atom is -0.493 e. The average molecular weight is 516 g/mol. The molecule has 10 nitrogen and oxygen atoms in total. The Balaban J connectivity index is 1.63. The van der Waals surface area contributed by atoms with Gasteiger partial charge in [-0.3, -0.25) is 4.79 Å². The Morgan fingerprint density at radius 2 is 1.97 bits per heavy atom. The smallest absolute Gasteiger partial charge is 0.277 e. The zero-order valence-electron chi connectivity index (χ0n) is 20.7. The maximum absolute atomic E-state index is 13.5. The molecule has 1 aliphatic heterocycles. The summed E-state index contributed by atoms with van der Waals surface area (Å²) >= 11 is 0. The largest absolute Gasteiger partial charge is 0.493 e. The van der Waals surface area contributed by atoms with E-state index in [1.807, 2.05) is 13.8 Å². The molecule has 5 rings (SSSR count). The van der Waals surface area contributed by atoms with Gasteiger partial charge >= 0.3 is 0 Å². The van der Waals surface area contributed by atoms with Crippen molar-refractivity contribution in [2.75, 3.05) is 26.3 Å². The van der Waals surface area contributed by atoms with Gasteiger partial charge in [-0.15, -0.1) is 5.10 Å². The molecular weight excluding hydrogens is 482 g/mol. The summed E-state index contributed by atoms with van der Waals surface area (Å²) in [6.07, 6.45) is 5.75. The Bertz CT molecular complexity index is 1420. The fraction of sp³-hybridized carbons (Fsp3) is 0.560. The van der Waals surface area contributed by atoms with E-state index in [1.165, 1.54) is 16.4 Å². The standard InChI is InChI=1S/C25H33N5O5S/c1-3-35-21-11-10-19(36(33,34)29-12-6-7-17(14-29)15-31)13-20(21)23-27-25(32)22-16(2)26-24(30(22)28-23)18-8-4-5-9-18/h10-11,13,17-18,31H,3-9,12,14-15H2,1-2H3,(H,27,28,32). The molecule has 194 valence electrons. The first-order valence-electron chi connectivity index (χ1n) is 12.7. The van der Waals surface area contributed by atoms with Gasteiger partial charge in [0.2, 0.25) is 10.0 Å². The van der Waals surface area contributed by atoms with Crippen molar-refractivity contribution in [1.82, 2.24) is 23.9 Å². The van der Waals surface area contributed by atoms with E-state index >= 15 is 0 Å². The molecule has 2 aliphatic rings. The number of aliphatic hydroxyl groups is 1. The maximum atomic E-state index is 13.5. The van der Waals surface area contributed by atoms with Gasteiger partial charge in [0.25, 0.3) is 5.56 Å². The summed E-state index contributed by atoms with van der Waals surface area (Å²) in [5, 5.41) is 14.3. The molecular formula is C25H33N5O5S. The first-order valence-corrected chi connectivity index (χ1v) is 14.1. The summed E-state index contributed by atoms with van der Waals surface area (Å²) in [5.74, 6) is 1.61. The molecule has 2 fully saturated rings. The Kier molecular flexibility index (Phi) is 6.88. The highest BCUT2D eigenvalue weighted by molar-refractivity contribution is 7.89. The number of aryl methyl sites for hydroxylation is 1. The molecule has 0 bridgehead atoms. The van der Waals surface area contributed by atoms with Gasteiger partial charge in [0, 0.05) is 25.6 Å². The molecule has 0 amide bonds. The number of imidazole rings is 1. The number of piperidine rings is 1. The fourth-order valence-corrected chi connectivity index (χ4v) is 7.02. The van der Waals surface area contributed by atoms with Gasteiger partial charge in [0.1, 0.15) is 11.6 Å². The summed E-state index contributed by atoms with van der Waals surface area (Å²) in [4.78, 5) is 20.8. The van der Waals surface area contributed by atoms with Gasteiger partial charge in [0.15, 0.2) is 11.3 Å². The van der Waals surface area contributed by atoms with Gasteiger partial charge in [-0.2, -0.15) is 4.31 Å². The number of fused-ring (bicyclic) bond motifs is 1. The van der Waals surface area contributed by atoms with E-state index in [-0.39, 0.29) is 41.3 Å². The van der Waals surface area contributed by atoms with E-state index in [9.17, 15) is 18.3 Å². The second kappa shape index (κ2) is 9.95. The van der Waals surface area contributed by atoms with Crippen LogP contribution in [0.5, 0.6) is 5.75 Å². The molecule has 36 heavy (non-hydrogen) atoms. The van der Waals surface area contributed by atoms with Gasteiger partial charge < -0.3 is 14.8 Å². The minimum absolute atomic E-state index is 0.0423. The summed E-state index contributed by atoms with van der Waals surface area (Å²) in [6, 6.07) is 4.65. The number of hydrogen-bond donors (Lipinski definition) is 2. The van der Waals surface area contributed by atoms with Crippen molar-refractivity contribution in [1.29, 1.82) is 0 Å². The zero-order chi connectivity index (χ0) is 25.4. The molecule has 1 saturated heterocycles. The number of rotatable bonds is 7. The van der Waals surface area contributed by atoms with E-state index in [2.05, 4.69) is 9.97 Å². The zero-order valence-corrected chi connectivity index (χ0v) is 21.6. The van der Waals surface area contributed by atoms with Crippen LogP contribution in [0.25, 0.3) is 16.9 Å². The number of benzene rings is 1. The number of sulfonamides is 1. The molecule has 1 saturated carbocycles. The molecule has 3 aromatic rings. The Hall–Kier alpha value is -2.76. The van der Waals surface area contributed by atoms with Crippen LogP contribution in [0.3, 0.4) is 0 Å². The van der Waals surface area contributed by atoms with Crippen molar-refractivity contribution in [2.24, 2.45) is 5.92 Å². The second-order valence-corrected chi connectivity index (χ2v) is 11.7. The number of aliphatic hydroxyl groups excluding tert-OH is 1. The molecule has 1 atom stereocenters. The van der Waals surface area contributed by atoms with E-state index in [1.54, 1.807) is 10.6 Å². The van der Waals surface area contributed by atoms with E-state index in [4.69, 9.17) is 9.84 Å². The number of H-pyrrole nitrogens is 1. The molecule has 1 aliphatic carbocycles. The van der Waals surface area contributed by atoms with Crippen molar-refractivity contribution < 1.29 is 18.3 Å². The normalized spacial score (nSPS) is 19.8. The SMILES string of the molecule is CCOc1ccc(S(=O)(=O)N2CCCC(CO)C2)cc1-c1nn2c(C3CCCC3)nc(C)c2c(=O)[nH]1. The predicted molar refractivity (Wildman–Crippen MR) is 135 cm³/mol. The molecule has 0 spiro atoms. The van der Waals surface area contributed by atoms with Crippen LogP contribution in [-0.4, -0.2) is 63.7 Å². The summed E-state index contributed by atoms with van der Waals surface area (Å²) in [5.41, 5.74) is 1.11. The third-order valence-corrected chi connectivity index (χ3v) is 9.17. The third kappa shape index (κ3) is 4.44. The van der Waals surface area contributed by atoms with Gasteiger partial charge in [-0.05, 0) is 63.6 Å². The minimum atomic E-state index is -3.81. The second-order valence-electron chi connectivity index (χ2n) is 9.74. The number of aromatic nitrogens is 4. The van der Waals surface area contributed by atoms with Crippen LogP contribution in [0.15, 0.2) is 27.9 Å². The van der Waals surface area contributed by atoms with E-state index in [0.717, 1.165) is 37.9 Å². The molecule has 1 unspecified atom stereocenters. The lowest BCUT2D eigenvalue weighted by atomic mass is 10.0. The van der Waals surface area contributed by atoms with Gasteiger partial charge in [-0.25, -0.2) is 17.9 Å². The molecule has 3 heterocycles. The Morgan fingerprint density at radius 1 is 1.19 bits per heavy atom. The monoisotopic (exact) mass is 515 g/mol. The van der Waals surface area contributed by atoms with Crippen LogP contribution < -0.4 is 10.3 Å². The maximum Gasteiger partial charge on any atom is 0.277 e. The number of aromatic amines is 1. The van der Waals surface area contributed by atoms with Crippen molar-refractivity contribution in [3.8, 4) is 17.1 Å². The highest BCUT2D eigenvalue weighted by Crippen LogP contribution is 2.35. The Morgan fingerprint density at radius 3 is 2.69 bits per heavy atom. The van der Waals surface area contributed by atoms with Crippen LogP contribution in [0.2, 0.25) is 0 Å². The van der Waals surface area contributed by atoms with Gasteiger partial charge in [0.05, 0.1) is 22.8 Å². The fourth-order valence-electron chi connectivity index (χ4n) is 5.44. The van der Waals surface area contributed by atoms with Crippen LogP contribution >= 0.6 is 0 Å². The lowest BCUT2D eigenvalue weighted by Crippen LogP contribution is -2.40. The molecule has 0 radical (unpaired) electrons. The van der Waals surface area contributed by atoms with Crippen molar-refractivity contribution >= 4 is 15.5 Å². The van der Waals surface area contributed by atoms with Crippen molar-refractivity contribution in [3.63, 3.8) is 0 Å². The van der Waals surface area contributed by atoms with Crippen LogP contribution in [0.1, 0.15) is 62.9 Å².